The first-order valence-electron chi connectivity index (χ1n) is 9.65. The zero-order valence-corrected chi connectivity index (χ0v) is 18.7. The molecule has 0 aliphatic rings. The quantitative estimate of drug-likeness (QED) is 0.504. The molecule has 30 heavy (non-hydrogen) atoms. The second-order valence-corrected chi connectivity index (χ2v) is 7.51. The predicted octanol–water partition coefficient (Wildman–Crippen LogP) is 5.06. The van der Waals surface area contributed by atoms with Crippen molar-refractivity contribution in [1.29, 1.82) is 0 Å². The van der Waals surface area contributed by atoms with E-state index in [2.05, 4.69) is 4.98 Å². The third kappa shape index (κ3) is 4.41. The third-order valence-corrected chi connectivity index (χ3v) is 5.89. The monoisotopic (exact) mass is 426 g/mol. The lowest BCUT2D eigenvalue weighted by Crippen LogP contribution is -2.33. The van der Waals surface area contributed by atoms with E-state index in [1.165, 1.54) is 11.3 Å². The Balaban J connectivity index is 1.85. The summed E-state index contributed by atoms with van der Waals surface area (Å²) in [5, 5.41) is 2.55. The van der Waals surface area contributed by atoms with Gasteiger partial charge in [-0.1, -0.05) is 12.1 Å². The van der Waals surface area contributed by atoms with Crippen molar-refractivity contribution in [2.75, 3.05) is 27.9 Å². The maximum atomic E-state index is 13.2. The Morgan fingerprint density at radius 1 is 1.07 bits per heavy atom. The molecule has 0 N–H and O–H groups in total. The second kappa shape index (κ2) is 9.63. The van der Waals surface area contributed by atoms with E-state index in [-0.39, 0.29) is 11.9 Å². The molecule has 1 amide bonds. The summed E-state index contributed by atoms with van der Waals surface area (Å²) in [7, 11) is 4.83. The van der Waals surface area contributed by atoms with Crippen LogP contribution in [0.15, 0.2) is 47.8 Å². The third-order valence-electron chi connectivity index (χ3n) is 5.00. The Morgan fingerprint density at radius 3 is 2.50 bits per heavy atom. The van der Waals surface area contributed by atoms with Crippen LogP contribution in [0.5, 0.6) is 17.2 Å². The summed E-state index contributed by atoms with van der Waals surface area (Å²) in [5.74, 6) is 1.95. The number of hydrogen-bond acceptors (Lipinski definition) is 6. The predicted molar refractivity (Wildman–Crippen MR) is 119 cm³/mol. The van der Waals surface area contributed by atoms with Crippen molar-refractivity contribution in [2.24, 2.45) is 0 Å². The van der Waals surface area contributed by atoms with Crippen LogP contribution in [0.25, 0.3) is 10.6 Å². The number of hydrogen-bond donors (Lipinski definition) is 0. The van der Waals surface area contributed by atoms with Crippen molar-refractivity contribution in [3.05, 3.63) is 59.1 Å². The smallest absolute Gasteiger partial charge is 0.273 e. The van der Waals surface area contributed by atoms with E-state index in [0.717, 1.165) is 21.9 Å². The number of thiazole rings is 1. The van der Waals surface area contributed by atoms with E-state index in [4.69, 9.17) is 14.2 Å². The van der Waals surface area contributed by atoms with Gasteiger partial charge in [0.05, 0.1) is 27.4 Å². The van der Waals surface area contributed by atoms with Gasteiger partial charge >= 0.3 is 0 Å². The Bertz CT molecular complexity index is 1020. The number of benzene rings is 2. The zero-order valence-electron chi connectivity index (χ0n) is 17.8. The number of nitrogens with zero attached hydrogens (tertiary/aromatic N) is 2. The van der Waals surface area contributed by atoms with E-state index < -0.39 is 0 Å². The van der Waals surface area contributed by atoms with E-state index >= 15 is 0 Å². The van der Waals surface area contributed by atoms with Gasteiger partial charge in [-0.3, -0.25) is 4.79 Å². The van der Waals surface area contributed by atoms with Gasteiger partial charge in [-0.2, -0.15) is 0 Å². The molecule has 0 aliphatic heterocycles. The molecule has 0 fully saturated rings. The van der Waals surface area contributed by atoms with Crippen LogP contribution in [-0.4, -0.2) is 43.7 Å². The summed E-state index contributed by atoms with van der Waals surface area (Å²) in [6.45, 7) is 4.55. The average Bonchev–Trinajstić information content (AvgIpc) is 3.29. The van der Waals surface area contributed by atoms with Crippen molar-refractivity contribution >= 4 is 17.2 Å². The molecule has 0 bridgehead atoms. The fourth-order valence-corrected chi connectivity index (χ4v) is 4.09. The van der Waals surface area contributed by atoms with E-state index in [1.54, 1.807) is 26.7 Å². The lowest BCUT2D eigenvalue weighted by Gasteiger charge is -2.28. The van der Waals surface area contributed by atoms with Gasteiger partial charge in [0, 0.05) is 17.5 Å². The van der Waals surface area contributed by atoms with Crippen LogP contribution in [0.3, 0.4) is 0 Å². The first-order chi connectivity index (χ1) is 14.5. The topological polar surface area (TPSA) is 60.9 Å². The molecule has 1 unspecified atom stereocenters. The first kappa shape index (κ1) is 21.6. The molecular weight excluding hydrogens is 400 g/mol. The summed E-state index contributed by atoms with van der Waals surface area (Å²) >= 11 is 1.43. The molecule has 1 atom stereocenters. The van der Waals surface area contributed by atoms with Crippen LogP contribution >= 0.6 is 11.3 Å². The number of rotatable bonds is 8. The van der Waals surface area contributed by atoms with E-state index in [9.17, 15) is 4.79 Å². The van der Waals surface area contributed by atoms with E-state index in [1.807, 2.05) is 61.2 Å². The minimum atomic E-state index is -0.108. The van der Waals surface area contributed by atoms with Crippen molar-refractivity contribution < 1.29 is 19.0 Å². The van der Waals surface area contributed by atoms with Gasteiger partial charge in [0.1, 0.15) is 16.5 Å². The number of carbonyl (C=O) groups excluding carboxylic acids is 1. The molecule has 1 aromatic heterocycles. The minimum absolute atomic E-state index is 0.101. The highest BCUT2D eigenvalue weighted by Gasteiger charge is 2.24. The van der Waals surface area contributed by atoms with Gasteiger partial charge in [-0.05, 0) is 49.7 Å². The standard InChI is InChI=1S/C23H26N2O4S/c1-6-25(15(2)16-8-7-9-18(12-16)27-3)23(26)19-14-30-22(24-19)17-10-11-20(28-4)21(13-17)29-5/h7-15H,6H2,1-5H3. The van der Waals surface area contributed by atoms with Crippen LogP contribution in [-0.2, 0) is 0 Å². The number of methoxy groups -OCH3 is 3. The largest absolute Gasteiger partial charge is 0.497 e. The summed E-state index contributed by atoms with van der Waals surface area (Å²) in [4.78, 5) is 19.6. The molecule has 0 spiro atoms. The van der Waals surface area contributed by atoms with Crippen molar-refractivity contribution in [3.8, 4) is 27.8 Å². The lowest BCUT2D eigenvalue weighted by atomic mass is 10.1. The number of carbonyl (C=O) groups is 1. The first-order valence-corrected chi connectivity index (χ1v) is 10.5. The van der Waals surface area contributed by atoms with Crippen LogP contribution < -0.4 is 14.2 Å². The summed E-state index contributed by atoms with van der Waals surface area (Å²) in [5.41, 5.74) is 2.32. The van der Waals surface area contributed by atoms with Gasteiger partial charge in [0.25, 0.3) is 5.91 Å². The Labute approximate surface area is 181 Å². The molecule has 2 aromatic carbocycles. The Morgan fingerprint density at radius 2 is 1.83 bits per heavy atom. The molecule has 158 valence electrons. The number of aromatic nitrogens is 1. The number of ether oxygens (including phenoxy) is 3. The highest BCUT2D eigenvalue weighted by Crippen LogP contribution is 2.34. The fourth-order valence-electron chi connectivity index (χ4n) is 3.30. The summed E-state index contributed by atoms with van der Waals surface area (Å²) in [6.07, 6.45) is 0. The molecule has 0 radical (unpaired) electrons. The maximum absolute atomic E-state index is 13.2. The zero-order chi connectivity index (χ0) is 21.7. The average molecular weight is 427 g/mol. The summed E-state index contributed by atoms with van der Waals surface area (Å²) < 4.78 is 16.0. The molecule has 0 aliphatic carbocycles. The van der Waals surface area contributed by atoms with Gasteiger partial charge in [0.2, 0.25) is 0 Å². The molecule has 3 aromatic rings. The molecule has 0 saturated carbocycles. The minimum Gasteiger partial charge on any atom is -0.497 e. The molecular formula is C23H26N2O4S. The second-order valence-electron chi connectivity index (χ2n) is 6.65. The van der Waals surface area contributed by atoms with Crippen LogP contribution in [0.2, 0.25) is 0 Å². The molecule has 3 rings (SSSR count). The van der Waals surface area contributed by atoms with Crippen molar-refractivity contribution in [2.45, 2.75) is 19.9 Å². The van der Waals surface area contributed by atoms with Crippen molar-refractivity contribution in [3.63, 3.8) is 0 Å². The maximum Gasteiger partial charge on any atom is 0.273 e. The molecule has 1 heterocycles. The van der Waals surface area contributed by atoms with Crippen LogP contribution in [0, 0.1) is 0 Å². The SMILES string of the molecule is CCN(C(=O)c1csc(-c2ccc(OC)c(OC)c2)n1)C(C)c1cccc(OC)c1. The van der Waals surface area contributed by atoms with Gasteiger partial charge in [0.15, 0.2) is 11.5 Å². The summed E-state index contributed by atoms with van der Waals surface area (Å²) in [6, 6.07) is 13.3. The van der Waals surface area contributed by atoms with Gasteiger partial charge in [-0.15, -0.1) is 11.3 Å². The highest BCUT2D eigenvalue weighted by molar-refractivity contribution is 7.13. The Hall–Kier alpha value is -3.06. The molecule has 0 saturated heterocycles. The van der Waals surface area contributed by atoms with Gasteiger partial charge < -0.3 is 19.1 Å². The van der Waals surface area contributed by atoms with Crippen LogP contribution in [0.4, 0.5) is 0 Å². The molecule has 6 nitrogen and oxygen atoms in total. The van der Waals surface area contributed by atoms with Gasteiger partial charge in [-0.25, -0.2) is 4.98 Å². The normalized spacial score (nSPS) is 11.6. The fraction of sp³-hybridized carbons (Fsp3) is 0.304. The molecule has 7 heteroatoms. The van der Waals surface area contributed by atoms with Crippen molar-refractivity contribution in [1.82, 2.24) is 9.88 Å². The van der Waals surface area contributed by atoms with Crippen LogP contribution in [0.1, 0.15) is 35.9 Å². The lowest BCUT2D eigenvalue weighted by molar-refractivity contribution is 0.0697. The highest BCUT2D eigenvalue weighted by atomic mass is 32.1. The number of amides is 1. The van der Waals surface area contributed by atoms with E-state index in [0.29, 0.717) is 23.7 Å². The Kier molecular flexibility index (Phi) is 6.95.